The first-order valence-corrected chi connectivity index (χ1v) is 7.01. The second kappa shape index (κ2) is 8.77. The highest BCUT2D eigenvalue weighted by atomic mass is 35.5. The number of aromatic nitrogens is 2. The predicted molar refractivity (Wildman–Crippen MR) is 79.1 cm³/mol. The van der Waals surface area contributed by atoms with Gasteiger partial charge >= 0.3 is 0 Å². The summed E-state index contributed by atoms with van der Waals surface area (Å²) in [6, 6.07) is 8.90. The maximum Gasteiger partial charge on any atom is 0.0945 e. The lowest BCUT2D eigenvalue weighted by Gasteiger charge is -2.08. The van der Waals surface area contributed by atoms with E-state index in [0.717, 1.165) is 26.1 Å². The van der Waals surface area contributed by atoms with Crippen molar-refractivity contribution in [2.24, 2.45) is 0 Å². The summed E-state index contributed by atoms with van der Waals surface area (Å²) in [6.07, 6.45) is 6.82. The number of nitrogens with one attached hydrogen (secondary N) is 1. The molecule has 0 saturated heterocycles. The second-order valence-corrected chi connectivity index (χ2v) is 5.23. The topological polar surface area (TPSA) is 29.9 Å². The Balaban J connectivity index is 0.00000200. The standard InChI is InChI=1S/C16H23N3.ClH/c1-14(2)16-6-4-15(5-7-16)12-17-8-3-10-19-11-9-18-13-19;/h4-7,9,11,13-14,17H,3,8,10,12H2,1-2H3;1H/p-1. The van der Waals surface area contributed by atoms with E-state index in [0.29, 0.717) is 5.92 Å². The molecule has 0 saturated carbocycles. The van der Waals surface area contributed by atoms with E-state index in [-0.39, 0.29) is 12.4 Å². The molecular formula is C16H23ClN3-. The van der Waals surface area contributed by atoms with Gasteiger partial charge in [-0.15, -0.1) is 0 Å². The maximum atomic E-state index is 4.03. The molecular weight excluding hydrogens is 270 g/mol. The summed E-state index contributed by atoms with van der Waals surface area (Å²) in [5, 5.41) is 3.48. The van der Waals surface area contributed by atoms with Gasteiger partial charge < -0.3 is 22.3 Å². The van der Waals surface area contributed by atoms with E-state index in [1.807, 2.05) is 18.7 Å². The van der Waals surface area contributed by atoms with Crippen molar-refractivity contribution in [2.45, 2.75) is 39.3 Å². The first-order valence-electron chi connectivity index (χ1n) is 7.01. The van der Waals surface area contributed by atoms with Gasteiger partial charge in [0, 0.05) is 25.5 Å². The van der Waals surface area contributed by atoms with E-state index in [2.05, 4.69) is 53.0 Å². The number of benzene rings is 1. The van der Waals surface area contributed by atoms with E-state index in [4.69, 9.17) is 0 Å². The van der Waals surface area contributed by atoms with E-state index in [9.17, 15) is 0 Å². The fourth-order valence-electron chi connectivity index (χ4n) is 2.06. The van der Waals surface area contributed by atoms with Crippen molar-refractivity contribution in [3.63, 3.8) is 0 Å². The van der Waals surface area contributed by atoms with Crippen LogP contribution in [0.25, 0.3) is 0 Å². The van der Waals surface area contributed by atoms with Gasteiger partial charge in [-0.25, -0.2) is 4.98 Å². The van der Waals surface area contributed by atoms with Crippen LogP contribution in [0.1, 0.15) is 37.3 Å². The van der Waals surface area contributed by atoms with Crippen molar-refractivity contribution in [2.75, 3.05) is 6.54 Å². The highest BCUT2D eigenvalue weighted by molar-refractivity contribution is 5.24. The summed E-state index contributed by atoms with van der Waals surface area (Å²) in [4.78, 5) is 4.03. The molecule has 0 unspecified atom stereocenters. The normalized spacial score (nSPS) is 10.6. The fraction of sp³-hybridized carbons (Fsp3) is 0.438. The quantitative estimate of drug-likeness (QED) is 0.739. The number of halogens is 1. The summed E-state index contributed by atoms with van der Waals surface area (Å²) in [7, 11) is 0. The molecule has 0 aliphatic carbocycles. The number of imidazole rings is 1. The molecule has 0 amide bonds. The van der Waals surface area contributed by atoms with Crippen LogP contribution in [0, 0.1) is 0 Å². The number of rotatable bonds is 7. The molecule has 1 N–H and O–H groups in total. The molecule has 1 heterocycles. The van der Waals surface area contributed by atoms with Crippen LogP contribution in [-0.2, 0) is 13.1 Å². The molecule has 0 radical (unpaired) electrons. The van der Waals surface area contributed by atoms with Gasteiger partial charge in [0.15, 0.2) is 0 Å². The van der Waals surface area contributed by atoms with Crippen molar-refractivity contribution < 1.29 is 12.4 Å². The van der Waals surface area contributed by atoms with Crippen molar-refractivity contribution >= 4 is 0 Å². The van der Waals surface area contributed by atoms with Crippen molar-refractivity contribution in [3.05, 3.63) is 54.1 Å². The Bertz CT molecular complexity index is 463. The molecule has 3 nitrogen and oxygen atoms in total. The highest BCUT2D eigenvalue weighted by Crippen LogP contribution is 2.14. The zero-order valence-corrected chi connectivity index (χ0v) is 13.0. The highest BCUT2D eigenvalue weighted by Gasteiger charge is 1.98. The Morgan fingerprint density at radius 3 is 2.55 bits per heavy atom. The van der Waals surface area contributed by atoms with Crippen LogP contribution < -0.4 is 17.7 Å². The monoisotopic (exact) mass is 292 g/mol. The van der Waals surface area contributed by atoms with Crippen LogP contribution in [0.3, 0.4) is 0 Å². The molecule has 0 bridgehead atoms. The first kappa shape index (κ1) is 16.7. The Morgan fingerprint density at radius 2 is 1.95 bits per heavy atom. The maximum absolute atomic E-state index is 4.03. The lowest BCUT2D eigenvalue weighted by atomic mass is 10.0. The lowest BCUT2D eigenvalue weighted by Crippen LogP contribution is -3.00. The van der Waals surface area contributed by atoms with Crippen LogP contribution in [0.15, 0.2) is 43.0 Å². The van der Waals surface area contributed by atoms with Gasteiger partial charge in [0.1, 0.15) is 0 Å². The van der Waals surface area contributed by atoms with E-state index < -0.39 is 0 Å². The average Bonchev–Trinajstić information content (AvgIpc) is 2.92. The van der Waals surface area contributed by atoms with Crippen molar-refractivity contribution in [1.82, 2.24) is 14.9 Å². The molecule has 0 spiro atoms. The van der Waals surface area contributed by atoms with Crippen molar-refractivity contribution in [1.29, 1.82) is 0 Å². The van der Waals surface area contributed by atoms with Gasteiger partial charge in [-0.05, 0) is 30.0 Å². The molecule has 0 aliphatic heterocycles. The SMILES string of the molecule is CC(C)c1ccc(CNCCCn2ccnc2)cc1.[Cl-]. The minimum Gasteiger partial charge on any atom is -1.00 e. The molecule has 4 heteroatoms. The smallest absolute Gasteiger partial charge is 0.0945 e. The van der Waals surface area contributed by atoms with Gasteiger partial charge in [-0.2, -0.15) is 0 Å². The lowest BCUT2D eigenvalue weighted by molar-refractivity contribution is -0.00000417. The third-order valence-electron chi connectivity index (χ3n) is 3.30. The van der Waals surface area contributed by atoms with Crippen molar-refractivity contribution in [3.8, 4) is 0 Å². The summed E-state index contributed by atoms with van der Waals surface area (Å²) in [5.74, 6) is 0.609. The predicted octanol–water partition coefficient (Wildman–Crippen LogP) is 0.190. The number of hydrogen-bond donors (Lipinski definition) is 1. The molecule has 0 fully saturated rings. The van der Waals surface area contributed by atoms with Gasteiger partial charge in [-0.3, -0.25) is 0 Å². The Morgan fingerprint density at radius 1 is 1.20 bits per heavy atom. The first-order chi connectivity index (χ1) is 9.25. The second-order valence-electron chi connectivity index (χ2n) is 5.23. The Kier molecular flexibility index (Phi) is 7.34. The minimum atomic E-state index is 0. The molecule has 0 atom stereocenters. The van der Waals surface area contributed by atoms with Gasteiger partial charge in [0.25, 0.3) is 0 Å². The molecule has 1 aromatic carbocycles. The zero-order chi connectivity index (χ0) is 13.5. The van der Waals surface area contributed by atoms with Crippen LogP contribution in [0.5, 0.6) is 0 Å². The summed E-state index contributed by atoms with van der Waals surface area (Å²) < 4.78 is 2.11. The van der Waals surface area contributed by atoms with E-state index in [1.54, 1.807) is 0 Å². The third kappa shape index (κ3) is 5.35. The molecule has 2 aromatic rings. The van der Waals surface area contributed by atoms with Crippen LogP contribution in [0.4, 0.5) is 0 Å². The summed E-state index contributed by atoms with van der Waals surface area (Å²) >= 11 is 0. The van der Waals surface area contributed by atoms with E-state index in [1.165, 1.54) is 11.1 Å². The molecule has 110 valence electrons. The molecule has 2 rings (SSSR count). The van der Waals surface area contributed by atoms with Gasteiger partial charge in [0.05, 0.1) is 6.33 Å². The minimum absolute atomic E-state index is 0. The Hall–Kier alpha value is -1.32. The number of hydrogen-bond acceptors (Lipinski definition) is 2. The largest absolute Gasteiger partial charge is 1.00 e. The van der Waals surface area contributed by atoms with E-state index >= 15 is 0 Å². The summed E-state index contributed by atoms with van der Waals surface area (Å²) in [5.41, 5.74) is 2.76. The summed E-state index contributed by atoms with van der Waals surface area (Å²) in [6.45, 7) is 7.46. The van der Waals surface area contributed by atoms with Gasteiger partial charge in [-0.1, -0.05) is 38.1 Å². The molecule has 20 heavy (non-hydrogen) atoms. The zero-order valence-electron chi connectivity index (χ0n) is 12.2. The van der Waals surface area contributed by atoms with Crippen LogP contribution in [0.2, 0.25) is 0 Å². The third-order valence-corrected chi connectivity index (χ3v) is 3.30. The molecule has 0 aliphatic rings. The van der Waals surface area contributed by atoms with Gasteiger partial charge in [0.2, 0.25) is 0 Å². The fourth-order valence-corrected chi connectivity index (χ4v) is 2.06. The number of aryl methyl sites for hydroxylation is 1. The molecule has 1 aromatic heterocycles. The van der Waals surface area contributed by atoms with Crippen LogP contribution >= 0.6 is 0 Å². The average molecular weight is 293 g/mol. The number of nitrogens with zero attached hydrogens (tertiary/aromatic N) is 2. The Labute approximate surface area is 127 Å². The van der Waals surface area contributed by atoms with Crippen LogP contribution in [-0.4, -0.2) is 16.1 Å².